The third-order valence-corrected chi connectivity index (χ3v) is 2.78. The standard InChI is InChI=1S/C16H25NO5/c1-3-5-7-9-14(18)21-13(17)11-12-16(20)22-15(19)10-8-6-4-2/h11-12,17H,3-10H2,1-2H3/b12-11-,17-13?. The number of carbonyl (C=O) groups excluding carboxylic acids is 3. The molecular formula is C16H25NO5. The molecule has 6 heteroatoms. The maximum absolute atomic E-state index is 11.3. The van der Waals surface area contributed by atoms with Crippen LogP contribution in [0.5, 0.6) is 0 Å². The number of hydrogen-bond donors (Lipinski definition) is 1. The normalized spacial score (nSPS) is 10.5. The van der Waals surface area contributed by atoms with Crippen LogP contribution in [0.1, 0.15) is 65.2 Å². The molecule has 0 aromatic carbocycles. The van der Waals surface area contributed by atoms with E-state index in [4.69, 9.17) is 10.1 Å². The molecule has 0 aliphatic carbocycles. The molecule has 6 nitrogen and oxygen atoms in total. The van der Waals surface area contributed by atoms with Gasteiger partial charge in [-0.1, -0.05) is 39.5 Å². The Bertz CT molecular complexity index is 377. The van der Waals surface area contributed by atoms with Crippen LogP contribution in [0.2, 0.25) is 0 Å². The van der Waals surface area contributed by atoms with Crippen LogP contribution in [0.4, 0.5) is 0 Å². The molecule has 0 rings (SSSR count). The highest BCUT2D eigenvalue weighted by Crippen LogP contribution is 2.02. The number of esters is 3. The van der Waals surface area contributed by atoms with E-state index in [2.05, 4.69) is 4.74 Å². The smallest absolute Gasteiger partial charge is 0.338 e. The Labute approximate surface area is 131 Å². The quantitative estimate of drug-likeness (QED) is 0.167. The van der Waals surface area contributed by atoms with Gasteiger partial charge >= 0.3 is 17.9 Å². The monoisotopic (exact) mass is 311 g/mol. The maximum Gasteiger partial charge on any atom is 0.338 e. The van der Waals surface area contributed by atoms with Crippen molar-refractivity contribution in [2.75, 3.05) is 0 Å². The summed E-state index contributed by atoms with van der Waals surface area (Å²) >= 11 is 0. The zero-order chi connectivity index (χ0) is 16.8. The molecule has 0 aliphatic heterocycles. The van der Waals surface area contributed by atoms with Crippen LogP contribution < -0.4 is 0 Å². The van der Waals surface area contributed by atoms with E-state index in [1.165, 1.54) is 0 Å². The predicted octanol–water partition coefficient (Wildman–Crippen LogP) is 3.29. The largest absolute Gasteiger partial charge is 0.408 e. The van der Waals surface area contributed by atoms with E-state index >= 15 is 0 Å². The van der Waals surface area contributed by atoms with Crippen molar-refractivity contribution in [1.82, 2.24) is 0 Å². The molecular weight excluding hydrogens is 286 g/mol. The predicted molar refractivity (Wildman–Crippen MR) is 82.3 cm³/mol. The molecule has 0 fully saturated rings. The van der Waals surface area contributed by atoms with Gasteiger partial charge in [-0.3, -0.25) is 15.0 Å². The zero-order valence-electron chi connectivity index (χ0n) is 13.4. The molecule has 124 valence electrons. The zero-order valence-corrected chi connectivity index (χ0v) is 13.4. The number of unbranched alkanes of at least 4 members (excludes halogenated alkanes) is 4. The van der Waals surface area contributed by atoms with Crippen molar-refractivity contribution in [3.05, 3.63) is 12.2 Å². The summed E-state index contributed by atoms with van der Waals surface area (Å²) in [5.74, 6) is -2.41. The Kier molecular flexibility index (Phi) is 11.6. The van der Waals surface area contributed by atoms with Gasteiger partial charge in [-0.05, 0) is 12.8 Å². The van der Waals surface area contributed by atoms with Crippen molar-refractivity contribution in [1.29, 1.82) is 5.41 Å². The minimum Gasteiger partial charge on any atom is -0.408 e. The summed E-state index contributed by atoms with van der Waals surface area (Å²) in [5, 5.41) is 7.39. The first-order valence-electron chi connectivity index (χ1n) is 7.71. The second-order valence-corrected chi connectivity index (χ2v) is 4.88. The summed E-state index contributed by atoms with van der Waals surface area (Å²) in [6.45, 7) is 4.03. The second-order valence-electron chi connectivity index (χ2n) is 4.88. The molecule has 0 unspecified atom stereocenters. The van der Waals surface area contributed by atoms with Gasteiger partial charge in [0.15, 0.2) is 0 Å². The highest BCUT2D eigenvalue weighted by molar-refractivity contribution is 6.00. The van der Waals surface area contributed by atoms with Crippen molar-refractivity contribution >= 4 is 23.8 Å². The van der Waals surface area contributed by atoms with Crippen LogP contribution in [0.3, 0.4) is 0 Å². The third-order valence-electron chi connectivity index (χ3n) is 2.78. The number of rotatable bonds is 10. The summed E-state index contributed by atoms with van der Waals surface area (Å²) in [6, 6.07) is 0. The fraction of sp³-hybridized carbons (Fsp3) is 0.625. The average Bonchev–Trinajstić information content (AvgIpc) is 2.45. The van der Waals surface area contributed by atoms with Crippen molar-refractivity contribution in [3.8, 4) is 0 Å². The minimum atomic E-state index is -0.867. The van der Waals surface area contributed by atoms with Crippen LogP contribution in [0.15, 0.2) is 12.2 Å². The van der Waals surface area contributed by atoms with Crippen molar-refractivity contribution < 1.29 is 23.9 Å². The van der Waals surface area contributed by atoms with Gasteiger partial charge in [0.2, 0.25) is 5.90 Å². The summed E-state index contributed by atoms with van der Waals surface area (Å²) in [6.07, 6.45) is 7.51. The van der Waals surface area contributed by atoms with E-state index in [0.717, 1.165) is 37.8 Å². The van der Waals surface area contributed by atoms with Crippen LogP contribution in [-0.2, 0) is 23.9 Å². The van der Waals surface area contributed by atoms with E-state index in [1.807, 2.05) is 13.8 Å². The van der Waals surface area contributed by atoms with Crippen LogP contribution >= 0.6 is 0 Å². The molecule has 0 aromatic rings. The molecule has 0 heterocycles. The lowest BCUT2D eigenvalue weighted by Crippen LogP contribution is -2.12. The lowest BCUT2D eigenvalue weighted by Gasteiger charge is -2.02. The van der Waals surface area contributed by atoms with Crippen molar-refractivity contribution in [2.24, 2.45) is 0 Å². The highest BCUT2D eigenvalue weighted by Gasteiger charge is 2.08. The Morgan fingerprint density at radius 1 is 0.818 bits per heavy atom. The summed E-state index contributed by atoms with van der Waals surface area (Å²) in [7, 11) is 0. The lowest BCUT2D eigenvalue weighted by molar-refractivity contribution is -0.156. The van der Waals surface area contributed by atoms with Gasteiger partial charge in [-0.2, -0.15) is 0 Å². The average molecular weight is 311 g/mol. The molecule has 0 saturated carbocycles. The Balaban J connectivity index is 3.97. The molecule has 0 amide bonds. The van der Waals surface area contributed by atoms with Crippen LogP contribution in [-0.4, -0.2) is 23.8 Å². The van der Waals surface area contributed by atoms with E-state index in [9.17, 15) is 14.4 Å². The number of hydrogen-bond acceptors (Lipinski definition) is 6. The molecule has 0 radical (unpaired) electrons. The van der Waals surface area contributed by atoms with Gasteiger partial charge in [0.25, 0.3) is 0 Å². The van der Waals surface area contributed by atoms with E-state index in [-0.39, 0.29) is 12.8 Å². The highest BCUT2D eigenvalue weighted by atomic mass is 16.6. The number of ether oxygens (including phenoxy) is 2. The number of nitrogens with one attached hydrogen (secondary N) is 1. The van der Waals surface area contributed by atoms with Crippen molar-refractivity contribution in [2.45, 2.75) is 65.2 Å². The molecule has 0 aliphatic rings. The van der Waals surface area contributed by atoms with E-state index < -0.39 is 23.8 Å². The number of carbonyl (C=O) groups is 3. The van der Waals surface area contributed by atoms with Crippen LogP contribution in [0.25, 0.3) is 0 Å². The first-order valence-corrected chi connectivity index (χ1v) is 7.71. The van der Waals surface area contributed by atoms with Gasteiger partial charge in [0, 0.05) is 25.0 Å². The third kappa shape index (κ3) is 11.8. The van der Waals surface area contributed by atoms with E-state index in [1.54, 1.807) is 0 Å². The molecule has 22 heavy (non-hydrogen) atoms. The van der Waals surface area contributed by atoms with Gasteiger partial charge < -0.3 is 9.47 Å². The Morgan fingerprint density at radius 2 is 1.32 bits per heavy atom. The molecule has 0 atom stereocenters. The second kappa shape index (κ2) is 12.7. The fourth-order valence-corrected chi connectivity index (χ4v) is 1.59. The maximum atomic E-state index is 11.3. The van der Waals surface area contributed by atoms with Gasteiger partial charge in [0.05, 0.1) is 0 Å². The molecule has 0 aromatic heterocycles. The van der Waals surface area contributed by atoms with Gasteiger partial charge in [-0.15, -0.1) is 0 Å². The van der Waals surface area contributed by atoms with Crippen molar-refractivity contribution in [3.63, 3.8) is 0 Å². The summed E-state index contributed by atoms with van der Waals surface area (Å²) < 4.78 is 9.23. The van der Waals surface area contributed by atoms with Gasteiger partial charge in [-0.25, -0.2) is 4.79 Å². The lowest BCUT2D eigenvalue weighted by atomic mass is 10.2. The van der Waals surface area contributed by atoms with E-state index in [0.29, 0.717) is 12.8 Å². The van der Waals surface area contributed by atoms with Gasteiger partial charge in [0.1, 0.15) is 0 Å². The molecule has 0 bridgehead atoms. The summed E-state index contributed by atoms with van der Waals surface area (Å²) in [4.78, 5) is 33.9. The fourth-order valence-electron chi connectivity index (χ4n) is 1.59. The Morgan fingerprint density at radius 3 is 1.82 bits per heavy atom. The Hall–Kier alpha value is -1.98. The first-order chi connectivity index (χ1) is 10.5. The summed E-state index contributed by atoms with van der Waals surface area (Å²) in [5.41, 5.74) is 0. The van der Waals surface area contributed by atoms with Crippen LogP contribution in [0, 0.1) is 5.41 Å². The topological polar surface area (TPSA) is 93.5 Å². The molecule has 0 spiro atoms. The molecule has 0 saturated heterocycles. The first kappa shape index (κ1) is 20.0. The SMILES string of the molecule is CCCCCC(=O)OC(=N)/C=C\C(=O)OC(=O)CCCCC. The molecule has 1 N–H and O–H groups in total. The minimum absolute atomic E-state index is 0.192.